The van der Waals surface area contributed by atoms with Crippen molar-refractivity contribution in [3.05, 3.63) is 51.0 Å². The lowest BCUT2D eigenvalue weighted by Gasteiger charge is -2.38. The highest BCUT2D eigenvalue weighted by Crippen LogP contribution is 2.48. The number of ketones is 1. The zero-order chi connectivity index (χ0) is 23.8. The highest BCUT2D eigenvalue weighted by Gasteiger charge is 2.41. The third-order valence-corrected chi connectivity index (χ3v) is 8.48. The molecule has 1 aliphatic heterocycles. The first-order valence-electron chi connectivity index (χ1n) is 11.9. The Hall–Kier alpha value is -3.11. The topological polar surface area (TPSA) is 79.6 Å². The molecule has 0 fully saturated rings. The van der Waals surface area contributed by atoms with E-state index in [1.54, 1.807) is 30.5 Å². The van der Waals surface area contributed by atoms with Crippen molar-refractivity contribution < 1.29 is 19.1 Å². The van der Waals surface area contributed by atoms with Crippen LogP contribution in [0.3, 0.4) is 0 Å². The molecule has 7 heteroatoms. The molecule has 0 bridgehead atoms. The molecule has 1 aromatic carbocycles. The number of carbonyl (C=O) groups is 2. The monoisotopic (exact) mass is 476 g/mol. The quantitative estimate of drug-likeness (QED) is 0.550. The minimum atomic E-state index is -0.324. The Balaban J connectivity index is 1.64. The van der Waals surface area contributed by atoms with Crippen molar-refractivity contribution in [3.8, 4) is 17.6 Å². The number of methoxy groups -OCH3 is 2. The number of rotatable bonds is 4. The first-order valence-corrected chi connectivity index (χ1v) is 12.7. The Bertz CT molecular complexity index is 1240. The van der Waals surface area contributed by atoms with E-state index in [4.69, 9.17) is 9.47 Å². The van der Waals surface area contributed by atoms with E-state index in [1.165, 1.54) is 11.3 Å². The summed E-state index contributed by atoms with van der Waals surface area (Å²) in [6.45, 7) is 0. The number of carbonyl (C=O) groups excluding carboxylic acids is 2. The number of thiophene rings is 1. The summed E-state index contributed by atoms with van der Waals surface area (Å²) in [6.07, 6.45) is 7.23. The molecular formula is C27H28N2O4S. The maximum atomic E-state index is 13.7. The third-order valence-electron chi connectivity index (χ3n) is 7.20. The van der Waals surface area contributed by atoms with Crippen LogP contribution in [0.4, 0.5) is 5.00 Å². The number of hydrogen-bond acceptors (Lipinski definition) is 6. The fraction of sp³-hybridized carbons (Fsp3) is 0.444. The lowest BCUT2D eigenvalue weighted by molar-refractivity contribution is -0.119. The van der Waals surface area contributed by atoms with Crippen molar-refractivity contribution in [2.75, 3.05) is 19.1 Å². The van der Waals surface area contributed by atoms with E-state index in [0.717, 1.165) is 42.5 Å². The van der Waals surface area contributed by atoms with Gasteiger partial charge in [-0.25, -0.2) is 0 Å². The number of allylic oxidation sites excluding steroid dienone is 2. The summed E-state index contributed by atoms with van der Waals surface area (Å²) in [5.74, 6) is 0.901. The molecule has 2 heterocycles. The summed E-state index contributed by atoms with van der Waals surface area (Å²) < 4.78 is 10.8. The zero-order valence-electron chi connectivity index (χ0n) is 19.6. The van der Waals surface area contributed by atoms with Gasteiger partial charge in [-0.2, -0.15) is 5.26 Å². The van der Waals surface area contributed by atoms with Crippen molar-refractivity contribution in [2.24, 2.45) is 0 Å². The Morgan fingerprint density at radius 2 is 1.79 bits per heavy atom. The number of aryl methyl sites for hydroxylation is 1. The minimum absolute atomic E-state index is 0.0545. The van der Waals surface area contributed by atoms with Crippen LogP contribution in [0.25, 0.3) is 0 Å². The molecule has 6 nitrogen and oxygen atoms in total. The molecular weight excluding hydrogens is 448 g/mol. The molecule has 1 amide bonds. The maximum absolute atomic E-state index is 13.7. The predicted octanol–water partition coefficient (Wildman–Crippen LogP) is 5.43. The molecule has 5 rings (SSSR count). The second kappa shape index (κ2) is 9.27. The van der Waals surface area contributed by atoms with Gasteiger partial charge in [-0.1, -0.05) is 12.5 Å². The molecule has 3 aliphatic rings. The molecule has 34 heavy (non-hydrogen) atoms. The average Bonchev–Trinajstić information content (AvgIpc) is 3.02. The number of hydrogen-bond donors (Lipinski definition) is 0. The molecule has 0 saturated carbocycles. The standard InChI is InChI=1S/C27H28N2O4S/c1-32-22-12-11-16(13-23(22)33-2)18-14-25(31)29(20-8-6-9-21(30)26(18)20)27-19(15-28)17-7-4-3-5-10-24(17)34-27/h11-13,18H,3-10,14H2,1-2H3/t18-/m0/s1. The van der Waals surface area contributed by atoms with E-state index in [9.17, 15) is 14.9 Å². The fourth-order valence-corrected chi connectivity index (χ4v) is 6.97. The zero-order valence-corrected chi connectivity index (χ0v) is 20.4. The normalized spacial score (nSPS) is 20.4. The molecule has 0 N–H and O–H groups in total. The van der Waals surface area contributed by atoms with Gasteiger partial charge in [-0.05, 0) is 61.8 Å². The number of amides is 1. The predicted molar refractivity (Wildman–Crippen MR) is 131 cm³/mol. The van der Waals surface area contributed by atoms with Gasteiger partial charge in [0, 0.05) is 34.9 Å². The second-order valence-corrected chi connectivity index (χ2v) is 10.2. The summed E-state index contributed by atoms with van der Waals surface area (Å²) in [5.41, 5.74) is 4.10. The fourth-order valence-electron chi connectivity index (χ4n) is 5.58. The Morgan fingerprint density at radius 3 is 2.56 bits per heavy atom. The minimum Gasteiger partial charge on any atom is -0.493 e. The molecule has 0 radical (unpaired) electrons. The number of fused-ring (bicyclic) bond motifs is 1. The third kappa shape index (κ3) is 3.70. The summed E-state index contributed by atoms with van der Waals surface area (Å²) in [7, 11) is 3.16. The number of anilines is 1. The van der Waals surface area contributed by atoms with Gasteiger partial charge in [0.1, 0.15) is 11.1 Å². The first kappa shape index (κ1) is 22.7. The Kier molecular flexibility index (Phi) is 6.18. The van der Waals surface area contributed by atoms with Crippen molar-refractivity contribution in [1.82, 2.24) is 0 Å². The van der Waals surface area contributed by atoms with Crippen molar-refractivity contribution in [3.63, 3.8) is 0 Å². The number of nitriles is 1. The number of Topliss-reactive ketones (excluding diaryl/α,β-unsaturated/α-hetero) is 1. The Morgan fingerprint density at radius 1 is 1.00 bits per heavy atom. The van der Waals surface area contributed by atoms with E-state index >= 15 is 0 Å². The molecule has 2 aromatic rings. The van der Waals surface area contributed by atoms with Crippen LogP contribution in [0, 0.1) is 11.3 Å². The maximum Gasteiger partial charge on any atom is 0.232 e. The van der Waals surface area contributed by atoms with E-state index in [0.29, 0.717) is 46.9 Å². The molecule has 1 aromatic heterocycles. The summed E-state index contributed by atoms with van der Waals surface area (Å²) in [6, 6.07) is 8.01. The van der Waals surface area contributed by atoms with Gasteiger partial charge in [0.25, 0.3) is 0 Å². The van der Waals surface area contributed by atoms with Crippen LogP contribution in [0.5, 0.6) is 11.5 Å². The van der Waals surface area contributed by atoms with Gasteiger partial charge >= 0.3 is 0 Å². The molecule has 0 spiro atoms. The lowest BCUT2D eigenvalue weighted by Crippen LogP contribution is -2.40. The number of benzene rings is 1. The van der Waals surface area contributed by atoms with Crippen LogP contribution < -0.4 is 14.4 Å². The number of ether oxygens (including phenoxy) is 2. The van der Waals surface area contributed by atoms with Crippen LogP contribution in [0.15, 0.2) is 29.5 Å². The van der Waals surface area contributed by atoms with Gasteiger partial charge < -0.3 is 9.47 Å². The molecule has 2 aliphatic carbocycles. The molecule has 0 saturated heterocycles. The van der Waals surface area contributed by atoms with Crippen LogP contribution in [-0.2, 0) is 22.4 Å². The van der Waals surface area contributed by atoms with Crippen LogP contribution >= 0.6 is 11.3 Å². The summed E-state index contributed by atoms with van der Waals surface area (Å²) in [5, 5.41) is 10.8. The summed E-state index contributed by atoms with van der Waals surface area (Å²) >= 11 is 1.58. The van der Waals surface area contributed by atoms with Gasteiger partial charge in [-0.3, -0.25) is 14.5 Å². The molecule has 176 valence electrons. The van der Waals surface area contributed by atoms with Crippen molar-refractivity contribution >= 4 is 28.0 Å². The van der Waals surface area contributed by atoms with E-state index in [2.05, 4.69) is 6.07 Å². The smallest absolute Gasteiger partial charge is 0.232 e. The Labute approximate surface area is 203 Å². The highest BCUT2D eigenvalue weighted by atomic mass is 32.1. The van der Waals surface area contributed by atoms with Crippen LogP contribution in [0.1, 0.15) is 72.4 Å². The average molecular weight is 477 g/mol. The first-order chi connectivity index (χ1) is 16.6. The van der Waals surface area contributed by atoms with E-state index in [-0.39, 0.29) is 24.0 Å². The summed E-state index contributed by atoms with van der Waals surface area (Å²) in [4.78, 5) is 29.9. The van der Waals surface area contributed by atoms with Gasteiger partial charge in [-0.15, -0.1) is 11.3 Å². The van der Waals surface area contributed by atoms with E-state index < -0.39 is 0 Å². The van der Waals surface area contributed by atoms with Gasteiger partial charge in [0.05, 0.1) is 19.8 Å². The molecule has 0 unspecified atom stereocenters. The van der Waals surface area contributed by atoms with Crippen LogP contribution in [-0.4, -0.2) is 25.9 Å². The highest BCUT2D eigenvalue weighted by molar-refractivity contribution is 7.16. The SMILES string of the molecule is COc1ccc([C@@H]2CC(=O)N(c3sc4c(c3C#N)CCCCC4)C3=C2C(=O)CCC3)cc1OC. The van der Waals surface area contributed by atoms with Gasteiger partial charge in [0.2, 0.25) is 5.91 Å². The molecule has 1 atom stereocenters. The number of nitrogens with zero attached hydrogens (tertiary/aromatic N) is 2. The van der Waals surface area contributed by atoms with Gasteiger partial charge in [0.15, 0.2) is 17.3 Å². The lowest BCUT2D eigenvalue weighted by atomic mass is 9.77. The second-order valence-electron chi connectivity index (χ2n) is 9.09. The van der Waals surface area contributed by atoms with Crippen molar-refractivity contribution in [2.45, 2.75) is 63.7 Å². The van der Waals surface area contributed by atoms with Crippen molar-refractivity contribution in [1.29, 1.82) is 5.26 Å². The van der Waals surface area contributed by atoms with E-state index in [1.807, 2.05) is 18.2 Å². The largest absolute Gasteiger partial charge is 0.493 e. The van der Waals surface area contributed by atoms with Crippen LogP contribution in [0.2, 0.25) is 0 Å².